The number of ether oxygens (including phenoxy) is 2. The molecule has 1 rings (SSSR count). The van der Waals surface area contributed by atoms with Crippen molar-refractivity contribution in [3.63, 3.8) is 0 Å². The smallest absolute Gasteiger partial charge is 0.412 e. The molecule has 0 spiro atoms. The molecule has 0 aliphatic rings. The van der Waals surface area contributed by atoms with Gasteiger partial charge in [-0.2, -0.15) is 0 Å². The molecular formula is C14H20N2O4. The van der Waals surface area contributed by atoms with Crippen LogP contribution in [0.1, 0.15) is 26.7 Å². The summed E-state index contributed by atoms with van der Waals surface area (Å²) in [6.45, 7) is 3.87. The van der Waals surface area contributed by atoms with Crippen LogP contribution in [0.3, 0.4) is 0 Å². The van der Waals surface area contributed by atoms with Gasteiger partial charge in [0, 0.05) is 18.8 Å². The monoisotopic (exact) mass is 280 g/mol. The highest BCUT2D eigenvalue weighted by Crippen LogP contribution is 2.18. The molecule has 6 heteroatoms. The first-order chi connectivity index (χ1) is 9.55. The van der Waals surface area contributed by atoms with Crippen molar-refractivity contribution in [2.75, 3.05) is 12.4 Å². The molecule has 0 bridgehead atoms. The van der Waals surface area contributed by atoms with Crippen LogP contribution in [0.5, 0.6) is 5.75 Å². The molecular weight excluding hydrogens is 260 g/mol. The summed E-state index contributed by atoms with van der Waals surface area (Å²) >= 11 is 0. The zero-order chi connectivity index (χ0) is 15.0. The lowest BCUT2D eigenvalue weighted by atomic mass is 10.2. The zero-order valence-electron chi connectivity index (χ0n) is 11.9. The molecule has 1 aromatic carbocycles. The summed E-state index contributed by atoms with van der Waals surface area (Å²) in [7, 11) is 1.47. The summed E-state index contributed by atoms with van der Waals surface area (Å²) in [6.07, 6.45) is 0.534. The molecule has 1 aromatic rings. The highest BCUT2D eigenvalue weighted by atomic mass is 16.6. The van der Waals surface area contributed by atoms with Gasteiger partial charge in [0.1, 0.15) is 11.9 Å². The van der Waals surface area contributed by atoms with E-state index in [9.17, 15) is 9.59 Å². The first-order valence-electron chi connectivity index (χ1n) is 6.52. The van der Waals surface area contributed by atoms with Crippen LogP contribution < -0.4 is 15.4 Å². The van der Waals surface area contributed by atoms with Gasteiger partial charge in [0.15, 0.2) is 0 Å². The van der Waals surface area contributed by atoms with E-state index in [0.717, 1.165) is 12.8 Å². The number of carbonyl (C=O) groups is 2. The molecule has 0 aliphatic carbocycles. The number of amides is 2. The van der Waals surface area contributed by atoms with Crippen molar-refractivity contribution >= 4 is 17.9 Å². The summed E-state index contributed by atoms with van der Waals surface area (Å²) in [5.74, 6) is 0.337. The van der Waals surface area contributed by atoms with Crippen molar-refractivity contribution in [2.24, 2.45) is 0 Å². The largest absolute Gasteiger partial charge is 0.446 e. The number of hydrogen-bond acceptors (Lipinski definition) is 4. The summed E-state index contributed by atoms with van der Waals surface area (Å²) in [6, 6.07) is 6.51. The molecule has 0 fully saturated rings. The van der Waals surface area contributed by atoms with Crippen LogP contribution in [0.4, 0.5) is 15.3 Å². The minimum absolute atomic E-state index is 0.134. The Balaban J connectivity index is 2.57. The van der Waals surface area contributed by atoms with Crippen molar-refractivity contribution < 1.29 is 19.1 Å². The van der Waals surface area contributed by atoms with E-state index in [4.69, 9.17) is 9.47 Å². The molecule has 0 unspecified atom stereocenters. The topological polar surface area (TPSA) is 76.7 Å². The van der Waals surface area contributed by atoms with Gasteiger partial charge in [0.05, 0.1) is 0 Å². The van der Waals surface area contributed by atoms with Crippen LogP contribution in [0, 0.1) is 0 Å². The van der Waals surface area contributed by atoms with Crippen molar-refractivity contribution in [2.45, 2.75) is 32.8 Å². The predicted octanol–water partition coefficient (Wildman–Crippen LogP) is 3.14. The fourth-order valence-electron chi connectivity index (χ4n) is 1.59. The Labute approximate surface area is 118 Å². The third-order valence-electron chi connectivity index (χ3n) is 2.50. The third-order valence-corrected chi connectivity index (χ3v) is 2.50. The summed E-state index contributed by atoms with van der Waals surface area (Å²) in [4.78, 5) is 22.7. The van der Waals surface area contributed by atoms with Crippen LogP contribution in [-0.2, 0) is 4.74 Å². The highest BCUT2D eigenvalue weighted by molar-refractivity contribution is 5.85. The molecule has 0 saturated carbocycles. The highest BCUT2D eigenvalue weighted by Gasteiger charge is 2.09. The number of hydrogen-bond donors (Lipinski definition) is 2. The molecule has 1 atom stereocenters. The van der Waals surface area contributed by atoms with E-state index in [1.807, 2.05) is 13.8 Å². The minimum atomic E-state index is -0.568. The quantitative estimate of drug-likeness (QED) is 0.868. The van der Waals surface area contributed by atoms with E-state index < -0.39 is 12.2 Å². The van der Waals surface area contributed by atoms with Crippen molar-refractivity contribution in [1.82, 2.24) is 5.32 Å². The van der Waals surface area contributed by atoms with E-state index in [2.05, 4.69) is 10.6 Å². The Morgan fingerprint density at radius 1 is 1.30 bits per heavy atom. The number of benzene rings is 1. The maximum absolute atomic E-state index is 11.6. The normalized spacial score (nSPS) is 11.3. The number of carbonyl (C=O) groups excluding carboxylic acids is 2. The van der Waals surface area contributed by atoms with Crippen molar-refractivity contribution in [1.29, 1.82) is 0 Å². The average molecular weight is 280 g/mol. The minimum Gasteiger partial charge on any atom is -0.446 e. The maximum atomic E-state index is 11.6. The molecule has 110 valence electrons. The van der Waals surface area contributed by atoms with Crippen LogP contribution >= 0.6 is 0 Å². The molecule has 0 heterocycles. The van der Waals surface area contributed by atoms with Crippen LogP contribution in [0.2, 0.25) is 0 Å². The molecule has 20 heavy (non-hydrogen) atoms. The lowest BCUT2D eigenvalue weighted by molar-refractivity contribution is 0.115. The van der Waals surface area contributed by atoms with Gasteiger partial charge in [-0.3, -0.25) is 5.32 Å². The summed E-state index contributed by atoms with van der Waals surface area (Å²) in [5, 5.41) is 4.93. The third kappa shape index (κ3) is 5.60. The van der Waals surface area contributed by atoms with E-state index in [0.29, 0.717) is 11.4 Å². The summed E-state index contributed by atoms with van der Waals surface area (Å²) in [5.41, 5.74) is 0.500. The SMILES string of the molecule is CCC[C@H](C)OC(=O)Nc1cccc(OC(=O)NC)c1. The lowest BCUT2D eigenvalue weighted by Gasteiger charge is -2.13. The lowest BCUT2D eigenvalue weighted by Crippen LogP contribution is -2.22. The van der Waals surface area contributed by atoms with Gasteiger partial charge >= 0.3 is 12.2 Å². The van der Waals surface area contributed by atoms with E-state index >= 15 is 0 Å². The second-order valence-electron chi connectivity index (χ2n) is 4.30. The van der Waals surface area contributed by atoms with E-state index in [-0.39, 0.29) is 6.10 Å². The molecule has 0 aliphatic heterocycles. The fourth-order valence-corrected chi connectivity index (χ4v) is 1.59. The van der Waals surface area contributed by atoms with Crippen molar-refractivity contribution in [3.05, 3.63) is 24.3 Å². The number of nitrogens with one attached hydrogen (secondary N) is 2. The molecule has 0 aromatic heterocycles. The first kappa shape index (κ1) is 15.8. The van der Waals surface area contributed by atoms with Gasteiger partial charge in [0.25, 0.3) is 0 Å². The Kier molecular flexibility index (Phi) is 6.36. The van der Waals surface area contributed by atoms with Crippen molar-refractivity contribution in [3.8, 4) is 5.75 Å². The van der Waals surface area contributed by atoms with Gasteiger partial charge in [-0.05, 0) is 25.5 Å². The Morgan fingerprint density at radius 3 is 2.70 bits per heavy atom. The molecule has 6 nitrogen and oxygen atoms in total. The molecule has 0 radical (unpaired) electrons. The Hall–Kier alpha value is -2.24. The fraction of sp³-hybridized carbons (Fsp3) is 0.429. The predicted molar refractivity (Wildman–Crippen MR) is 76.0 cm³/mol. The van der Waals surface area contributed by atoms with Crippen LogP contribution in [0.25, 0.3) is 0 Å². The average Bonchev–Trinajstić information content (AvgIpc) is 2.38. The van der Waals surface area contributed by atoms with E-state index in [1.54, 1.807) is 24.3 Å². The molecule has 0 saturated heterocycles. The van der Waals surface area contributed by atoms with Gasteiger partial charge in [0.2, 0.25) is 0 Å². The Bertz CT molecular complexity index is 462. The van der Waals surface area contributed by atoms with Gasteiger partial charge in [-0.15, -0.1) is 0 Å². The number of rotatable bonds is 5. The van der Waals surface area contributed by atoms with Crippen LogP contribution in [0.15, 0.2) is 24.3 Å². The van der Waals surface area contributed by atoms with Gasteiger partial charge in [-0.1, -0.05) is 19.4 Å². The van der Waals surface area contributed by atoms with Crippen LogP contribution in [-0.4, -0.2) is 25.3 Å². The zero-order valence-corrected chi connectivity index (χ0v) is 11.9. The van der Waals surface area contributed by atoms with Gasteiger partial charge in [-0.25, -0.2) is 9.59 Å². The first-order valence-corrected chi connectivity index (χ1v) is 6.52. The second-order valence-corrected chi connectivity index (χ2v) is 4.30. The number of anilines is 1. The molecule has 2 N–H and O–H groups in total. The van der Waals surface area contributed by atoms with E-state index in [1.165, 1.54) is 7.05 Å². The maximum Gasteiger partial charge on any atom is 0.412 e. The molecule has 2 amide bonds. The Morgan fingerprint density at radius 2 is 2.05 bits per heavy atom. The second kappa shape index (κ2) is 8.04. The summed E-state index contributed by atoms with van der Waals surface area (Å²) < 4.78 is 10.1. The van der Waals surface area contributed by atoms with Gasteiger partial charge < -0.3 is 14.8 Å². The standard InChI is InChI=1S/C14H20N2O4/c1-4-6-10(2)19-14(18)16-11-7-5-8-12(9-11)20-13(17)15-3/h5,7-10H,4,6H2,1-3H3,(H,15,17)(H,16,18)/t10-/m0/s1.